The molecular weight excluding hydrogens is 422 g/mol. The van der Waals surface area contributed by atoms with E-state index in [-0.39, 0.29) is 4.90 Å². The number of nitrogens with zero attached hydrogens (tertiary/aromatic N) is 2. The molecule has 0 radical (unpaired) electrons. The highest BCUT2D eigenvalue weighted by Crippen LogP contribution is 2.44. The second-order valence-electron chi connectivity index (χ2n) is 8.04. The van der Waals surface area contributed by atoms with Gasteiger partial charge in [0.1, 0.15) is 11.2 Å². The van der Waals surface area contributed by atoms with Crippen LogP contribution >= 0.6 is 0 Å². The van der Waals surface area contributed by atoms with Crippen molar-refractivity contribution in [2.24, 2.45) is 5.14 Å². The maximum absolute atomic E-state index is 11.6. The number of nitrogens with two attached hydrogens (primary N) is 1. The number of primary sulfonamides is 1. The van der Waals surface area contributed by atoms with Crippen LogP contribution in [0, 0.1) is 11.3 Å². The standard InChI is InChI=1S/C25H25N3O3S/c1-3-28-17-25(16-26,15-18-7-10-22(11-8-18)32(27,29)30)23-14-20(9-12-24(23)28)19-5-4-6-21(13-19)31-2/h4-14H,3,15,17H2,1-2H3,(H2,27,29,30). The van der Waals surface area contributed by atoms with Crippen molar-refractivity contribution in [2.45, 2.75) is 23.7 Å². The summed E-state index contributed by atoms with van der Waals surface area (Å²) in [5, 5.41) is 15.6. The molecule has 2 N–H and O–H groups in total. The summed E-state index contributed by atoms with van der Waals surface area (Å²) in [6.45, 7) is 3.45. The van der Waals surface area contributed by atoms with Gasteiger partial charge in [0.05, 0.1) is 18.1 Å². The first-order chi connectivity index (χ1) is 15.3. The van der Waals surface area contributed by atoms with E-state index in [0.29, 0.717) is 13.0 Å². The molecule has 0 saturated heterocycles. The Balaban J connectivity index is 1.77. The number of benzene rings is 3. The van der Waals surface area contributed by atoms with Gasteiger partial charge in [-0.25, -0.2) is 13.6 Å². The third-order valence-corrected chi connectivity index (χ3v) is 7.00. The summed E-state index contributed by atoms with van der Waals surface area (Å²) < 4.78 is 28.5. The predicted molar refractivity (Wildman–Crippen MR) is 125 cm³/mol. The summed E-state index contributed by atoms with van der Waals surface area (Å²) >= 11 is 0. The molecule has 0 bridgehead atoms. The summed E-state index contributed by atoms with van der Waals surface area (Å²) in [5.74, 6) is 0.777. The minimum Gasteiger partial charge on any atom is -0.497 e. The maximum atomic E-state index is 11.6. The number of anilines is 1. The average Bonchev–Trinajstić information content (AvgIpc) is 3.12. The number of hydrogen-bond acceptors (Lipinski definition) is 5. The van der Waals surface area contributed by atoms with Crippen molar-refractivity contribution in [1.29, 1.82) is 5.26 Å². The van der Waals surface area contributed by atoms with E-state index in [1.807, 2.05) is 24.3 Å². The lowest BCUT2D eigenvalue weighted by atomic mass is 9.77. The molecule has 3 aromatic rings. The first kappa shape index (κ1) is 21.9. The normalized spacial score (nSPS) is 17.6. The fourth-order valence-corrected chi connectivity index (χ4v) is 4.90. The van der Waals surface area contributed by atoms with E-state index in [1.54, 1.807) is 19.2 Å². The van der Waals surface area contributed by atoms with E-state index in [9.17, 15) is 13.7 Å². The van der Waals surface area contributed by atoms with E-state index < -0.39 is 15.4 Å². The van der Waals surface area contributed by atoms with Crippen LogP contribution < -0.4 is 14.8 Å². The summed E-state index contributed by atoms with van der Waals surface area (Å²) in [6, 6.07) is 23.2. The van der Waals surface area contributed by atoms with E-state index in [2.05, 4.69) is 36.1 Å². The van der Waals surface area contributed by atoms with Crippen LogP contribution in [0.1, 0.15) is 18.1 Å². The molecule has 164 valence electrons. The Kier molecular flexibility index (Phi) is 5.68. The van der Waals surface area contributed by atoms with Crippen molar-refractivity contribution >= 4 is 15.7 Å². The summed E-state index contributed by atoms with van der Waals surface area (Å²) in [6.07, 6.45) is 0.472. The number of fused-ring (bicyclic) bond motifs is 1. The molecule has 32 heavy (non-hydrogen) atoms. The molecule has 0 fully saturated rings. The molecule has 1 unspecified atom stereocenters. The Labute approximate surface area is 188 Å². The molecule has 0 aliphatic carbocycles. The van der Waals surface area contributed by atoms with Gasteiger partial charge in [0.25, 0.3) is 0 Å². The molecule has 6 nitrogen and oxygen atoms in total. The van der Waals surface area contributed by atoms with Crippen molar-refractivity contribution in [3.05, 3.63) is 77.9 Å². The Morgan fingerprint density at radius 2 is 1.81 bits per heavy atom. The molecular formula is C25H25N3O3S. The maximum Gasteiger partial charge on any atom is 0.238 e. The number of sulfonamides is 1. The molecule has 1 heterocycles. The van der Waals surface area contributed by atoms with Gasteiger partial charge in [0.15, 0.2) is 0 Å². The van der Waals surface area contributed by atoms with Crippen LogP contribution in [0.2, 0.25) is 0 Å². The van der Waals surface area contributed by atoms with Crippen LogP contribution in [0.25, 0.3) is 11.1 Å². The van der Waals surface area contributed by atoms with E-state index >= 15 is 0 Å². The highest BCUT2D eigenvalue weighted by atomic mass is 32.2. The second-order valence-corrected chi connectivity index (χ2v) is 9.60. The lowest BCUT2D eigenvalue weighted by Gasteiger charge is -2.23. The van der Waals surface area contributed by atoms with E-state index in [1.165, 1.54) is 12.1 Å². The third kappa shape index (κ3) is 3.95. The lowest BCUT2D eigenvalue weighted by molar-refractivity contribution is 0.415. The Bertz CT molecular complexity index is 1300. The van der Waals surface area contributed by atoms with Crippen LogP contribution in [0.5, 0.6) is 5.75 Å². The van der Waals surface area contributed by atoms with Crippen molar-refractivity contribution in [2.75, 3.05) is 25.1 Å². The molecule has 0 amide bonds. The average molecular weight is 448 g/mol. The van der Waals surface area contributed by atoms with Gasteiger partial charge in [0.2, 0.25) is 10.0 Å². The number of hydrogen-bond donors (Lipinski definition) is 1. The third-order valence-electron chi connectivity index (χ3n) is 6.07. The zero-order valence-corrected chi connectivity index (χ0v) is 18.9. The van der Waals surface area contributed by atoms with E-state index in [4.69, 9.17) is 9.88 Å². The molecule has 1 atom stereocenters. The van der Waals surface area contributed by atoms with Gasteiger partial charge in [-0.3, -0.25) is 0 Å². The largest absolute Gasteiger partial charge is 0.497 e. The van der Waals surface area contributed by atoms with Gasteiger partial charge in [-0.15, -0.1) is 0 Å². The van der Waals surface area contributed by atoms with Crippen LogP contribution in [-0.2, 0) is 21.9 Å². The molecule has 1 aliphatic rings. The fraction of sp³-hybridized carbons (Fsp3) is 0.240. The van der Waals surface area contributed by atoms with Crippen LogP contribution in [-0.4, -0.2) is 28.6 Å². The predicted octanol–water partition coefficient (Wildman–Crippen LogP) is 3.85. The van der Waals surface area contributed by atoms with E-state index in [0.717, 1.165) is 40.2 Å². The van der Waals surface area contributed by atoms with Gasteiger partial charge in [0, 0.05) is 18.8 Å². The monoisotopic (exact) mass is 447 g/mol. The van der Waals surface area contributed by atoms with Gasteiger partial charge in [-0.05, 0) is 72.0 Å². The van der Waals surface area contributed by atoms with Crippen molar-refractivity contribution in [3.8, 4) is 22.9 Å². The van der Waals surface area contributed by atoms with Gasteiger partial charge >= 0.3 is 0 Å². The summed E-state index contributed by atoms with van der Waals surface area (Å²) in [7, 11) is -2.11. The fourth-order valence-electron chi connectivity index (χ4n) is 4.39. The Morgan fingerprint density at radius 1 is 1.09 bits per heavy atom. The first-order valence-electron chi connectivity index (χ1n) is 10.4. The Hall–Kier alpha value is -3.34. The minimum atomic E-state index is -3.75. The minimum absolute atomic E-state index is 0.0644. The smallest absolute Gasteiger partial charge is 0.238 e. The molecule has 0 spiro atoms. The van der Waals surface area contributed by atoms with Crippen molar-refractivity contribution in [3.63, 3.8) is 0 Å². The number of nitriles is 1. The molecule has 4 rings (SSSR count). The summed E-state index contributed by atoms with van der Waals surface area (Å²) in [4.78, 5) is 2.28. The van der Waals surface area contributed by atoms with Crippen LogP contribution in [0.4, 0.5) is 5.69 Å². The highest BCUT2D eigenvalue weighted by Gasteiger charge is 2.43. The van der Waals surface area contributed by atoms with Gasteiger partial charge in [-0.2, -0.15) is 5.26 Å². The molecule has 0 saturated carbocycles. The summed E-state index contributed by atoms with van der Waals surface area (Å²) in [5.41, 5.74) is 4.22. The molecule has 7 heteroatoms. The zero-order chi connectivity index (χ0) is 22.9. The first-order valence-corrected chi connectivity index (χ1v) is 11.9. The molecule has 0 aromatic heterocycles. The number of methoxy groups -OCH3 is 1. The number of ether oxygens (including phenoxy) is 1. The van der Waals surface area contributed by atoms with Crippen molar-refractivity contribution in [1.82, 2.24) is 0 Å². The molecule has 1 aliphatic heterocycles. The SMILES string of the molecule is CCN1CC(C#N)(Cc2ccc(S(N)(=O)=O)cc2)c2cc(-c3cccc(OC)c3)ccc21. The van der Waals surface area contributed by atoms with Crippen LogP contribution in [0.15, 0.2) is 71.6 Å². The highest BCUT2D eigenvalue weighted by molar-refractivity contribution is 7.89. The molecule has 3 aromatic carbocycles. The van der Waals surface area contributed by atoms with Crippen molar-refractivity contribution < 1.29 is 13.2 Å². The van der Waals surface area contributed by atoms with Gasteiger partial charge < -0.3 is 9.64 Å². The quantitative estimate of drug-likeness (QED) is 0.619. The topological polar surface area (TPSA) is 96.4 Å². The van der Waals surface area contributed by atoms with Crippen LogP contribution in [0.3, 0.4) is 0 Å². The van der Waals surface area contributed by atoms with Gasteiger partial charge in [-0.1, -0.05) is 30.3 Å². The lowest BCUT2D eigenvalue weighted by Crippen LogP contribution is -2.34. The second kappa shape index (κ2) is 8.30. The Morgan fingerprint density at radius 3 is 2.44 bits per heavy atom. The number of rotatable bonds is 6. The zero-order valence-electron chi connectivity index (χ0n) is 18.1. The number of likely N-dealkylation sites (N-methyl/N-ethyl adjacent to an activating group) is 1.